The lowest BCUT2D eigenvalue weighted by atomic mass is 9.97. The zero-order valence-electron chi connectivity index (χ0n) is 14.9. The van der Waals surface area contributed by atoms with E-state index in [1.165, 1.54) is 18.2 Å². The minimum absolute atomic E-state index is 0.264. The van der Waals surface area contributed by atoms with Gasteiger partial charge in [-0.15, -0.1) is 0 Å². The van der Waals surface area contributed by atoms with Crippen molar-refractivity contribution < 1.29 is 24.2 Å². The van der Waals surface area contributed by atoms with Gasteiger partial charge < -0.3 is 9.84 Å². The second-order valence-electron chi connectivity index (χ2n) is 5.87. The summed E-state index contributed by atoms with van der Waals surface area (Å²) in [5, 5.41) is 10.4. The van der Waals surface area contributed by atoms with Gasteiger partial charge >= 0.3 is 5.97 Å². The number of aliphatic hydroxyl groups is 1. The van der Waals surface area contributed by atoms with Crippen LogP contribution in [-0.4, -0.2) is 29.8 Å². The number of ether oxygens (including phenoxy) is 1. The van der Waals surface area contributed by atoms with Crippen molar-refractivity contribution in [3.8, 4) is 0 Å². The maximum absolute atomic E-state index is 11.2. The van der Waals surface area contributed by atoms with Crippen LogP contribution in [0.1, 0.15) is 49.8 Å². The lowest BCUT2D eigenvalue weighted by Crippen LogP contribution is -2.06. The molecule has 0 aromatic heterocycles. The molecule has 1 aromatic carbocycles. The maximum atomic E-state index is 11.2. The van der Waals surface area contributed by atoms with E-state index in [9.17, 15) is 19.5 Å². The molecule has 0 heterocycles. The molecule has 0 radical (unpaired) electrons. The average molecular weight is 358 g/mol. The molecule has 0 fully saturated rings. The maximum Gasteiger partial charge on any atom is 0.333 e. The Hall–Kier alpha value is -2.85. The number of rotatable bonds is 10. The largest absolute Gasteiger partial charge is 0.462 e. The van der Waals surface area contributed by atoms with E-state index in [0.717, 1.165) is 6.42 Å². The van der Waals surface area contributed by atoms with Crippen LogP contribution >= 0.6 is 0 Å². The van der Waals surface area contributed by atoms with Crippen LogP contribution in [0.15, 0.2) is 34.3 Å². The van der Waals surface area contributed by atoms with Crippen molar-refractivity contribution in [2.24, 2.45) is 9.98 Å². The molecule has 1 rings (SSSR count). The van der Waals surface area contributed by atoms with Crippen LogP contribution in [0.3, 0.4) is 0 Å². The zero-order chi connectivity index (χ0) is 19.5. The summed E-state index contributed by atoms with van der Waals surface area (Å²) >= 11 is 0. The van der Waals surface area contributed by atoms with Crippen molar-refractivity contribution in [2.45, 2.75) is 45.6 Å². The van der Waals surface area contributed by atoms with Gasteiger partial charge in [-0.25, -0.2) is 14.4 Å². The van der Waals surface area contributed by atoms with E-state index in [1.54, 1.807) is 19.9 Å². The molecule has 0 spiro atoms. The Balaban J connectivity index is 2.65. The fraction of sp³-hybridized carbons (Fsp3) is 0.421. The minimum atomic E-state index is -0.796. The van der Waals surface area contributed by atoms with E-state index >= 15 is 0 Å². The van der Waals surface area contributed by atoms with Gasteiger partial charge in [-0.3, -0.25) is 0 Å². The summed E-state index contributed by atoms with van der Waals surface area (Å²) in [7, 11) is 0. The van der Waals surface area contributed by atoms with Crippen LogP contribution in [0.25, 0.3) is 0 Å². The molecule has 0 saturated heterocycles. The SMILES string of the molecule is C=C(C)C(=O)OCCCCCC(O)c1cc(N=C=O)cc(N=C=O)c1C. The molecular formula is C19H22N2O5. The van der Waals surface area contributed by atoms with Crippen molar-refractivity contribution in [3.05, 3.63) is 35.4 Å². The highest BCUT2D eigenvalue weighted by molar-refractivity contribution is 5.86. The van der Waals surface area contributed by atoms with Crippen molar-refractivity contribution in [2.75, 3.05) is 6.61 Å². The van der Waals surface area contributed by atoms with Crippen LogP contribution < -0.4 is 0 Å². The smallest absolute Gasteiger partial charge is 0.333 e. The van der Waals surface area contributed by atoms with Crippen LogP contribution in [0.5, 0.6) is 0 Å². The summed E-state index contributed by atoms with van der Waals surface area (Å²) in [6.07, 6.45) is 4.70. The number of unbranched alkanes of at least 4 members (excludes halogenated alkanes) is 2. The van der Waals surface area contributed by atoms with E-state index in [-0.39, 0.29) is 5.69 Å². The van der Waals surface area contributed by atoms with E-state index in [1.807, 2.05) is 0 Å². The fourth-order valence-electron chi connectivity index (χ4n) is 2.39. The molecule has 0 saturated carbocycles. The van der Waals surface area contributed by atoms with Gasteiger partial charge in [0.05, 0.1) is 24.1 Å². The molecular weight excluding hydrogens is 336 g/mol. The predicted molar refractivity (Wildman–Crippen MR) is 95.9 cm³/mol. The van der Waals surface area contributed by atoms with Gasteiger partial charge in [0.2, 0.25) is 12.2 Å². The lowest BCUT2D eigenvalue weighted by molar-refractivity contribution is -0.139. The Labute approximate surface area is 152 Å². The highest BCUT2D eigenvalue weighted by atomic mass is 16.5. The predicted octanol–water partition coefficient (Wildman–Crippen LogP) is 3.64. The highest BCUT2D eigenvalue weighted by Gasteiger charge is 2.15. The van der Waals surface area contributed by atoms with E-state index in [0.29, 0.717) is 48.3 Å². The Morgan fingerprint density at radius 1 is 1.23 bits per heavy atom. The first-order valence-electron chi connectivity index (χ1n) is 8.21. The first kappa shape index (κ1) is 21.2. The standard InChI is InChI=1S/C19H22N2O5/c1-13(2)19(25)26-8-6-4-5-7-18(24)16-9-15(20-11-22)10-17(14(16)3)21-12-23/h9-10,18,24H,1,4-8H2,2-3H3. The van der Waals surface area contributed by atoms with Crippen LogP contribution in [0.2, 0.25) is 0 Å². The third-order valence-electron chi connectivity index (χ3n) is 3.81. The lowest BCUT2D eigenvalue weighted by Gasteiger charge is -2.15. The Bertz CT molecular complexity index is 759. The third kappa shape index (κ3) is 6.57. The topological polar surface area (TPSA) is 105 Å². The van der Waals surface area contributed by atoms with Gasteiger partial charge in [-0.1, -0.05) is 13.0 Å². The van der Waals surface area contributed by atoms with E-state index < -0.39 is 12.1 Å². The molecule has 138 valence electrons. The molecule has 0 aliphatic carbocycles. The molecule has 26 heavy (non-hydrogen) atoms. The number of isocyanates is 2. The normalized spacial score (nSPS) is 11.0. The van der Waals surface area contributed by atoms with Gasteiger partial charge in [0.15, 0.2) is 0 Å². The molecule has 1 N–H and O–H groups in total. The Kier molecular flexibility index (Phi) is 8.88. The van der Waals surface area contributed by atoms with Gasteiger partial charge in [0.25, 0.3) is 0 Å². The molecule has 1 atom stereocenters. The van der Waals surface area contributed by atoms with Crippen molar-refractivity contribution >= 4 is 29.5 Å². The van der Waals surface area contributed by atoms with Crippen LogP contribution in [-0.2, 0) is 19.1 Å². The molecule has 0 amide bonds. The summed E-state index contributed by atoms with van der Waals surface area (Å²) in [6, 6.07) is 3.03. The van der Waals surface area contributed by atoms with Crippen molar-refractivity contribution in [1.29, 1.82) is 0 Å². The Morgan fingerprint density at radius 2 is 1.92 bits per heavy atom. The first-order chi connectivity index (χ1) is 12.4. The molecule has 1 unspecified atom stereocenters. The van der Waals surface area contributed by atoms with E-state index in [2.05, 4.69) is 16.6 Å². The van der Waals surface area contributed by atoms with Gasteiger partial charge in [-0.05, 0) is 56.4 Å². The first-order valence-corrected chi connectivity index (χ1v) is 8.21. The minimum Gasteiger partial charge on any atom is -0.462 e. The van der Waals surface area contributed by atoms with Crippen LogP contribution in [0, 0.1) is 6.92 Å². The molecule has 1 aromatic rings. The van der Waals surface area contributed by atoms with E-state index in [4.69, 9.17) is 4.74 Å². The number of hydrogen-bond donors (Lipinski definition) is 1. The number of carbonyl (C=O) groups excluding carboxylic acids is 3. The van der Waals surface area contributed by atoms with Gasteiger partial charge in [-0.2, -0.15) is 9.98 Å². The quantitative estimate of drug-likeness (QED) is 0.226. The summed E-state index contributed by atoms with van der Waals surface area (Å²) in [5.74, 6) is -0.406. The second-order valence-corrected chi connectivity index (χ2v) is 5.87. The highest BCUT2D eigenvalue weighted by Crippen LogP contribution is 2.33. The zero-order valence-corrected chi connectivity index (χ0v) is 14.9. The molecule has 7 nitrogen and oxygen atoms in total. The Morgan fingerprint density at radius 3 is 2.54 bits per heavy atom. The third-order valence-corrected chi connectivity index (χ3v) is 3.81. The number of aliphatic hydroxyl groups excluding tert-OH is 1. The summed E-state index contributed by atoms with van der Waals surface area (Å²) < 4.78 is 5.00. The van der Waals surface area contributed by atoms with Crippen molar-refractivity contribution in [3.63, 3.8) is 0 Å². The monoisotopic (exact) mass is 358 g/mol. The number of hydrogen-bond acceptors (Lipinski definition) is 7. The molecule has 0 bridgehead atoms. The molecule has 0 aliphatic heterocycles. The average Bonchev–Trinajstić information content (AvgIpc) is 2.60. The van der Waals surface area contributed by atoms with Gasteiger partial charge in [0.1, 0.15) is 0 Å². The summed E-state index contributed by atoms with van der Waals surface area (Å²) in [5.41, 5.74) is 2.10. The number of carbonyl (C=O) groups is 1. The summed E-state index contributed by atoms with van der Waals surface area (Å²) in [6.45, 7) is 7.13. The molecule has 7 heteroatoms. The number of esters is 1. The molecule has 0 aliphatic rings. The summed E-state index contributed by atoms with van der Waals surface area (Å²) in [4.78, 5) is 39.4. The number of nitrogens with zero attached hydrogens (tertiary/aromatic N) is 2. The number of benzene rings is 1. The van der Waals surface area contributed by atoms with Crippen molar-refractivity contribution in [1.82, 2.24) is 0 Å². The van der Waals surface area contributed by atoms with Crippen LogP contribution in [0.4, 0.5) is 11.4 Å². The fourth-order valence-corrected chi connectivity index (χ4v) is 2.39. The second kappa shape index (κ2) is 10.9. The number of aliphatic imine (C=N–C) groups is 2. The van der Waals surface area contributed by atoms with Gasteiger partial charge in [0, 0.05) is 5.57 Å².